The number of benzene rings is 1. The lowest BCUT2D eigenvalue weighted by molar-refractivity contribution is 0.101. The Morgan fingerprint density at radius 2 is 2.14 bits per heavy atom. The van der Waals surface area contributed by atoms with Gasteiger partial charge < -0.3 is 11.5 Å². The fraction of sp³-hybridized carbons (Fsp3) is 0.111. The van der Waals surface area contributed by atoms with Gasteiger partial charge in [-0.25, -0.2) is 4.98 Å². The highest BCUT2D eigenvalue weighted by Crippen LogP contribution is 2.30. The van der Waals surface area contributed by atoms with Crippen molar-refractivity contribution in [3.63, 3.8) is 0 Å². The van der Waals surface area contributed by atoms with E-state index >= 15 is 0 Å². The molecule has 0 bridgehead atoms. The van der Waals surface area contributed by atoms with Crippen LogP contribution in [0.15, 0.2) is 12.1 Å². The van der Waals surface area contributed by atoms with Crippen LogP contribution in [-0.2, 0) is 0 Å². The van der Waals surface area contributed by atoms with Gasteiger partial charge in [-0.3, -0.25) is 4.79 Å². The number of fused-ring (bicyclic) bond motifs is 1. The molecule has 0 saturated heterocycles. The minimum Gasteiger partial charge on any atom is -0.396 e. The molecule has 0 unspecified atom stereocenters. The van der Waals surface area contributed by atoms with Gasteiger partial charge >= 0.3 is 0 Å². The molecule has 0 aliphatic rings. The number of rotatable bonds is 1. The summed E-state index contributed by atoms with van der Waals surface area (Å²) in [5.41, 5.74) is 12.9. The lowest BCUT2D eigenvalue weighted by Crippen LogP contribution is -1.99. The lowest BCUT2D eigenvalue weighted by atomic mass is 10.1. The number of hydrogen-bond acceptors (Lipinski definition) is 5. The van der Waals surface area contributed by atoms with Gasteiger partial charge in [0.25, 0.3) is 0 Å². The maximum absolute atomic E-state index is 11.2. The molecular formula is C9H9N3OS. The maximum atomic E-state index is 11.2. The van der Waals surface area contributed by atoms with E-state index in [9.17, 15) is 4.79 Å². The van der Waals surface area contributed by atoms with E-state index in [1.54, 1.807) is 6.07 Å². The number of carbonyl (C=O) groups excluding carboxylic acids is 1. The summed E-state index contributed by atoms with van der Waals surface area (Å²) in [5, 5.41) is 0.465. The summed E-state index contributed by atoms with van der Waals surface area (Å²) in [5.74, 6) is -0.0593. The van der Waals surface area contributed by atoms with Crippen LogP contribution >= 0.6 is 11.3 Å². The number of hydrogen-bond donors (Lipinski definition) is 2. The number of nitrogens with zero attached hydrogens (tertiary/aromatic N) is 1. The molecule has 0 amide bonds. The van der Waals surface area contributed by atoms with E-state index < -0.39 is 0 Å². The summed E-state index contributed by atoms with van der Waals surface area (Å²) in [6.07, 6.45) is 0. The van der Waals surface area contributed by atoms with Gasteiger partial charge in [0.2, 0.25) is 0 Å². The molecule has 4 N–H and O–H groups in total. The second-order valence-electron chi connectivity index (χ2n) is 2.98. The Morgan fingerprint density at radius 3 is 2.79 bits per heavy atom. The Bertz CT molecular complexity index is 518. The Morgan fingerprint density at radius 1 is 1.43 bits per heavy atom. The monoisotopic (exact) mass is 207 g/mol. The fourth-order valence-corrected chi connectivity index (χ4v) is 2.09. The Labute approximate surface area is 84.5 Å². The van der Waals surface area contributed by atoms with Crippen LogP contribution < -0.4 is 11.5 Å². The van der Waals surface area contributed by atoms with Crippen LogP contribution in [0.25, 0.3) is 10.2 Å². The van der Waals surface area contributed by atoms with Crippen molar-refractivity contribution in [2.24, 2.45) is 0 Å². The largest absolute Gasteiger partial charge is 0.396 e. The SMILES string of the molecule is CC(=O)c1ccc2sc(N)nc2c1N. The molecule has 0 radical (unpaired) electrons. The predicted octanol–water partition coefficient (Wildman–Crippen LogP) is 1.66. The quantitative estimate of drug-likeness (QED) is 0.550. The van der Waals surface area contributed by atoms with Gasteiger partial charge in [-0.2, -0.15) is 0 Å². The van der Waals surface area contributed by atoms with Crippen LogP contribution in [0.1, 0.15) is 17.3 Å². The van der Waals surface area contributed by atoms with Crippen LogP contribution in [0.3, 0.4) is 0 Å². The molecule has 72 valence electrons. The molecule has 0 atom stereocenters. The van der Waals surface area contributed by atoms with Crippen molar-refractivity contribution in [1.82, 2.24) is 4.98 Å². The highest BCUT2D eigenvalue weighted by molar-refractivity contribution is 7.22. The molecule has 0 aliphatic carbocycles. The summed E-state index contributed by atoms with van der Waals surface area (Å²) in [6.45, 7) is 1.48. The number of Topliss-reactive ketones (excluding diaryl/α,β-unsaturated/α-hetero) is 1. The van der Waals surface area contributed by atoms with Crippen molar-refractivity contribution in [2.75, 3.05) is 11.5 Å². The van der Waals surface area contributed by atoms with Gasteiger partial charge in [-0.1, -0.05) is 11.3 Å². The van der Waals surface area contributed by atoms with Crippen molar-refractivity contribution < 1.29 is 4.79 Å². The zero-order chi connectivity index (χ0) is 10.3. The van der Waals surface area contributed by atoms with Crippen LogP contribution in [0.4, 0.5) is 10.8 Å². The first-order chi connectivity index (χ1) is 6.59. The van der Waals surface area contributed by atoms with Crippen LogP contribution in [0.5, 0.6) is 0 Å². The molecule has 5 heteroatoms. The minimum absolute atomic E-state index is 0.0593. The molecule has 2 aromatic rings. The third kappa shape index (κ3) is 1.22. The second kappa shape index (κ2) is 2.95. The van der Waals surface area contributed by atoms with E-state index in [1.807, 2.05) is 6.07 Å². The van der Waals surface area contributed by atoms with Gasteiger partial charge in [0, 0.05) is 5.56 Å². The van der Waals surface area contributed by atoms with E-state index in [0.29, 0.717) is 21.9 Å². The van der Waals surface area contributed by atoms with Crippen LogP contribution in [0, 0.1) is 0 Å². The molecule has 4 nitrogen and oxygen atoms in total. The third-order valence-electron chi connectivity index (χ3n) is 2.00. The Hall–Kier alpha value is -1.62. The molecule has 0 fully saturated rings. The summed E-state index contributed by atoms with van der Waals surface area (Å²) in [7, 11) is 0. The molecule has 0 spiro atoms. The normalized spacial score (nSPS) is 10.6. The second-order valence-corrected chi connectivity index (χ2v) is 4.04. The minimum atomic E-state index is -0.0593. The summed E-state index contributed by atoms with van der Waals surface area (Å²) in [4.78, 5) is 15.3. The van der Waals surface area contributed by atoms with Gasteiger partial charge in [0.05, 0.1) is 10.4 Å². The van der Waals surface area contributed by atoms with Crippen molar-refractivity contribution in [3.8, 4) is 0 Å². The molecule has 1 aromatic heterocycles. The number of ketones is 1. The van der Waals surface area contributed by atoms with Crippen molar-refractivity contribution in [2.45, 2.75) is 6.92 Å². The number of aromatic nitrogens is 1. The first-order valence-corrected chi connectivity index (χ1v) is 4.86. The number of carbonyl (C=O) groups is 1. The zero-order valence-electron chi connectivity index (χ0n) is 7.57. The highest BCUT2D eigenvalue weighted by Gasteiger charge is 2.11. The van der Waals surface area contributed by atoms with Crippen molar-refractivity contribution >= 4 is 38.2 Å². The van der Waals surface area contributed by atoms with E-state index in [2.05, 4.69) is 4.98 Å². The molecule has 2 rings (SSSR count). The van der Waals surface area contributed by atoms with Gasteiger partial charge in [-0.05, 0) is 19.1 Å². The van der Waals surface area contributed by atoms with Crippen LogP contribution in [-0.4, -0.2) is 10.8 Å². The van der Waals surface area contributed by atoms with Crippen molar-refractivity contribution in [1.29, 1.82) is 0 Å². The van der Waals surface area contributed by atoms with E-state index in [1.165, 1.54) is 18.3 Å². The Kier molecular flexibility index (Phi) is 1.89. The molecule has 0 saturated carbocycles. The fourth-order valence-electron chi connectivity index (χ4n) is 1.34. The van der Waals surface area contributed by atoms with Crippen LogP contribution in [0.2, 0.25) is 0 Å². The van der Waals surface area contributed by atoms with E-state index in [0.717, 1.165) is 4.70 Å². The molecule has 0 aliphatic heterocycles. The summed E-state index contributed by atoms with van der Waals surface area (Å²) < 4.78 is 0.907. The highest BCUT2D eigenvalue weighted by atomic mass is 32.1. The predicted molar refractivity (Wildman–Crippen MR) is 58.4 cm³/mol. The smallest absolute Gasteiger partial charge is 0.181 e. The number of anilines is 2. The number of nitrogens with two attached hydrogens (primary N) is 2. The maximum Gasteiger partial charge on any atom is 0.181 e. The Balaban J connectivity index is 2.80. The number of thiazole rings is 1. The average molecular weight is 207 g/mol. The molecule has 14 heavy (non-hydrogen) atoms. The number of nitrogen functional groups attached to an aromatic ring is 2. The third-order valence-corrected chi connectivity index (χ3v) is 2.85. The summed E-state index contributed by atoms with van der Waals surface area (Å²) >= 11 is 1.36. The summed E-state index contributed by atoms with van der Waals surface area (Å²) in [6, 6.07) is 3.52. The lowest BCUT2D eigenvalue weighted by Gasteiger charge is -2.00. The van der Waals surface area contributed by atoms with E-state index in [4.69, 9.17) is 11.5 Å². The average Bonchev–Trinajstić information content (AvgIpc) is 2.46. The molecule has 1 heterocycles. The van der Waals surface area contributed by atoms with Gasteiger partial charge in [0.1, 0.15) is 5.52 Å². The van der Waals surface area contributed by atoms with Gasteiger partial charge in [0.15, 0.2) is 10.9 Å². The standard InChI is InChI=1S/C9H9N3OS/c1-4(13)5-2-3-6-8(7(5)10)12-9(11)14-6/h2-3H,10H2,1H3,(H2,11,12). The first-order valence-electron chi connectivity index (χ1n) is 4.05. The van der Waals surface area contributed by atoms with E-state index in [-0.39, 0.29) is 5.78 Å². The van der Waals surface area contributed by atoms with Gasteiger partial charge in [-0.15, -0.1) is 0 Å². The molecule has 1 aromatic carbocycles. The zero-order valence-corrected chi connectivity index (χ0v) is 8.39. The molecular weight excluding hydrogens is 198 g/mol. The topological polar surface area (TPSA) is 82.0 Å². The first kappa shape index (κ1) is 8.96. The van der Waals surface area contributed by atoms with Crippen molar-refractivity contribution in [3.05, 3.63) is 17.7 Å².